The molecule has 22 heavy (non-hydrogen) atoms. The molecule has 3 rings (SSSR count). The van der Waals surface area contributed by atoms with Crippen LogP contribution in [0.4, 0.5) is 16.2 Å². The largest absolute Gasteiger partial charge is 0.338 e. The molecule has 0 radical (unpaired) electrons. The third-order valence-electron chi connectivity index (χ3n) is 3.46. The summed E-state index contributed by atoms with van der Waals surface area (Å²) in [4.78, 5) is 26.5. The Hall–Kier alpha value is -2.34. The van der Waals surface area contributed by atoms with E-state index in [0.717, 1.165) is 35.8 Å². The Morgan fingerprint density at radius 3 is 2.77 bits per heavy atom. The van der Waals surface area contributed by atoms with Gasteiger partial charge in [0.15, 0.2) is 0 Å². The van der Waals surface area contributed by atoms with Crippen LogP contribution in [0, 0.1) is 0 Å². The van der Waals surface area contributed by atoms with E-state index in [1.54, 1.807) is 16.2 Å². The number of urea groups is 1. The Morgan fingerprint density at radius 1 is 1.27 bits per heavy atom. The summed E-state index contributed by atoms with van der Waals surface area (Å²) >= 11 is 1.57. The van der Waals surface area contributed by atoms with Gasteiger partial charge in [0.2, 0.25) is 5.91 Å². The Labute approximate surface area is 132 Å². The smallest absolute Gasteiger partial charge is 0.321 e. The van der Waals surface area contributed by atoms with Gasteiger partial charge in [-0.2, -0.15) is 0 Å². The number of rotatable bonds is 4. The van der Waals surface area contributed by atoms with E-state index in [0.29, 0.717) is 6.42 Å². The maximum Gasteiger partial charge on any atom is 0.321 e. The van der Waals surface area contributed by atoms with Crippen LogP contribution in [0.3, 0.4) is 0 Å². The molecule has 1 fully saturated rings. The summed E-state index contributed by atoms with van der Waals surface area (Å²) in [6.07, 6.45) is 1.32. The number of nitrogens with zero attached hydrogens (tertiary/aromatic N) is 1. The molecule has 114 valence electrons. The first kappa shape index (κ1) is 14.6. The summed E-state index contributed by atoms with van der Waals surface area (Å²) in [6, 6.07) is 11.2. The molecule has 3 amide bonds. The van der Waals surface area contributed by atoms with Crippen molar-refractivity contribution in [2.45, 2.75) is 12.8 Å². The van der Waals surface area contributed by atoms with Crippen LogP contribution >= 0.6 is 11.3 Å². The van der Waals surface area contributed by atoms with Crippen LogP contribution < -0.4 is 15.5 Å². The highest BCUT2D eigenvalue weighted by molar-refractivity contribution is 7.10. The lowest BCUT2D eigenvalue weighted by Crippen LogP contribution is -2.46. The minimum Gasteiger partial charge on any atom is -0.338 e. The van der Waals surface area contributed by atoms with Gasteiger partial charge in [0.1, 0.15) is 0 Å². The summed E-state index contributed by atoms with van der Waals surface area (Å²) in [7, 11) is 0. The van der Waals surface area contributed by atoms with Crippen LogP contribution in [-0.4, -0.2) is 25.0 Å². The van der Waals surface area contributed by atoms with Gasteiger partial charge in [-0.05, 0) is 42.1 Å². The molecular formula is C16H17N3O2S. The number of anilines is 2. The molecule has 1 aliphatic rings. The minimum absolute atomic E-state index is 0.0362. The lowest BCUT2D eigenvalue weighted by atomic mass is 10.2. The highest BCUT2D eigenvalue weighted by atomic mass is 32.1. The fourth-order valence-corrected chi connectivity index (χ4v) is 3.08. The average molecular weight is 315 g/mol. The number of amides is 3. The zero-order chi connectivity index (χ0) is 15.4. The van der Waals surface area contributed by atoms with Gasteiger partial charge in [0.25, 0.3) is 0 Å². The van der Waals surface area contributed by atoms with Crippen LogP contribution in [0.1, 0.15) is 11.3 Å². The van der Waals surface area contributed by atoms with Gasteiger partial charge < -0.3 is 10.6 Å². The molecule has 2 heterocycles. The van der Waals surface area contributed by atoms with E-state index >= 15 is 0 Å². The molecule has 0 atom stereocenters. The third kappa shape index (κ3) is 3.46. The normalized spacial score (nSPS) is 14.5. The van der Waals surface area contributed by atoms with Crippen molar-refractivity contribution in [3.05, 3.63) is 46.7 Å². The molecule has 1 aromatic heterocycles. The second-order valence-electron chi connectivity index (χ2n) is 5.09. The number of thiophene rings is 1. The molecule has 6 heteroatoms. The van der Waals surface area contributed by atoms with Crippen LogP contribution in [0.25, 0.3) is 0 Å². The first-order valence-corrected chi connectivity index (χ1v) is 8.08. The molecule has 0 aliphatic carbocycles. The lowest BCUT2D eigenvalue weighted by Gasteiger charge is -2.27. The molecule has 1 saturated heterocycles. The summed E-state index contributed by atoms with van der Waals surface area (Å²) in [5.74, 6) is -0.0362. The van der Waals surface area contributed by atoms with Crippen LogP contribution in [0.15, 0.2) is 41.8 Å². The molecular weight excluding hydrogens is 298 g/mol. The minimum atomic E-state index is -0.0688. The number of nitrogens with one attached hydrogen (secondary N) is 2. The Balaban J connectivity index is 1.61. The van der Waals surface area contributed by atoms with E-state index in [2.05, 4.69) is 10.6 Å². The first-order valence-electron chi connectivity index (χ1n) is 7.20. The molecule has 5 nitrogen and oxygen atoms in total. The van der Waals surface area contributed by atoms with Gasteiger partial charge in [-0.3, -0.25) is 9.69 Å². The van der Waals surface area contributed by atoms with Crippen molar-refractivity contribution >= 4 is 34.6 Å². The second kappa shape index (κ2) is 6.62. The Morgan fingerprint density at radius 2 is 2.09 bits per heavy atom. The summed E-state index contributed by atoms with van der Waals surface area (Å²) < 4.78 is 0. The number of benzene rings is 1. The third-order valence-corrected chi connectivity index (χ3v) is 4.33. The van der Waals surface area contributed by atoms with Gasteiger partial charge in [0, 0.05) is 29.3 Å². The summed E-state index contributed by atoms with van der Waals surface area (Å²) in [6.45, 7) is 1.45. The van der Waals surface area contributed by atoms with Crippen LogP contribution in [-0.2, 0) is 11.2 Å². The van der Waals surface area contributed by atoms with Gasteiger partial charge >= 0.3 is 6.03 Å². The highest BCUT2D eigenvalue weighted by Gasteiger charge is 2.18. The van der Waals surface area contributed by atoms with Crippen molar-refractivity contribution in [3.63, 3.8) is 0 Å². The van der Waals surface area contributed by atoms with E-state index in [4.69, 9.17) is 0 Å². The van der Waals surface area contributed by atoms with E-state index in [1.165, 1.54) is 0 Å². The molecule has 0 spiro atoms. The summed E-state index contributed by atoms with van der Waals surface area (Å²) in [5, 5.41) is 7.65. The Bertz CT molecular complexity index is 653. The monoisotopic (exact) mass is 315 g/mol. The Kier molecular flexibility index (Phi) is 4.39. The average Bonchev–Trinajstić information content (AvgIpc) is 3.01. The van der Waals surface area contributed by atoms with Gasteiger partial charge in [-0.15, -0.1) is 11.3 Å². The van der Waals surface area contributed by atoms with Crippen molar-refractivity contribution < 1.29 is 9.59 Å². The van der Waals surface area contributed by atoms with Crippen molar-refractivity contribution in [2.75, 3.05) is 23.3 Å². The van der Waals surface area contributed by atoms with Gasteiger partial charge in [-0.1, -0.05) is 6.07 Å². The van der Waals surface area contributed by atoms with Crippen molar-refractivity contribution in [1.29, 1.82) is 0 Å². The predicted octanol–water partition coefficient (Wildman–Crippen LogP) is 2.85. The maximum atomic E-state index is 11.9. The molecule has 2 N–H and O–H groups in total. The van der Waals surface area contributed by atoms with E-state index < -0.39 is 0 Å². The second-order valence-corrected chi connectivity index (χ2v) is 6.12. The first-order chi connectivity index (χ1) is 10.7. The van der Waals surface area contributed by atoms with Crippen molar-refractivity contribution in [1.82, 2.24) is 5.32 Å². The molecule has 0 saturated carbocycles. The van der Waals surface area contributed by atoms with Gasteiger partial charge in [0.05, 0.1) is 6.42 Å². The molecule has 0 unspecified atom stereocenters. The van der Waals surface area contributed by atoms with Crippen LogP contribution in [0.2, 0.25) is 0 Å². The van der Waals surface area contributed by atoms with Crippen LogP contribution in [0.5, 0.6) is 0 Å². The summed E-state index contributed by atoms with van der Waals surface area (Å²) in [5.41, 5.74) is 1.58. The van der Waals surface area contributed by atoms with Gasteiger partial charge in [-0.25, -0.2) is 4.79 Å². The quantitative estimate of drug-likeness (QED) is 0.911. The highest BCUT2D eigenvalue weighted by Crippen LogP contribution is 2.20. The predicted molar refractivity (Wildman–Crippen MR) is 88.5 cm³/mol. The zero-order valence-corrected chi connectivity index (χ0v) is 12.9. The van der Waals surface area contributed by atoms with E-state index in [9.17, 15) is 9.59 Å². The van der Waals surface area contributed by atoms with Crippen molar-refractivity contribution in [2.24, 2.45) is 0 Å². The molecule has 1 aromatic carbocycles. The van der Waals surface area contributed by atoms with E-state index in [-0.39, 0.29) is 11.9 Å². The number of carbonyl (C=O) groups is 2. The fraction of sp³-hybridized carbons (Fsp3) is 0.250. The van der Waals surface area contributed by atoms with E-state index in [1.807, 2.05) is 41.8 Å². The number of hydrogen-bond acceptors (Lipinski definition) is 3. The zero-order valence-electron chi connectivity index (χ0n) is 12.0. The molecule has 0 bridgehead atoms. The molecule has 2 aromatic rings. The van der Waals surface area contributed by atoms with Crippen molar-refractivity contribution in [3.8, 4) is 0 Å². The lowest BCUT2D eigenvalue weighted by molar-refractivity contribution is -0.115. The standard InChI is InChI=1S/C16H17N3O2S/c20-15(11-14-3-1-10-22-14)18-12-4-6-13(7-5-12)19-9-2-8-17-16(19)21/h1,3-7,10H,2,8-9,11H2,(H,17,21)(H,18,20). The molecule has 1 aliphatic heterocycles. The SMILES string of the molecule is O=C(Cc1cccs1)Nc1ccc(N2CCCNC2=O)cc1. The maximum absolute atomic E-state index is 11.9. The topological polar surface area (TPSA) is 61.4 Å². The number of hydrogen-bond donors (Lipinski definition) is 2. The fourth-order valence-electron chi connectivity index (χ4n) is 2.38. The number of carbonyl (C=O) groups excluding carboxylic acids is 2.